The van der Waals surface area contributed by atoms with Crippen molar-refractivity contribution in [2.24, 2.45) is 5.92 Å². The summed E-state index contributed by atoms with van der Waals surface area (Å²) in [6.45, 7) is 6.94. The molecular weight excluding hydrogens is 279 g/mol. The molecule has 1 aromatic rings. The van der Waals surface area contributed by atoms with E-state index in [-0.39, 0.29) is 36.0 Å². The first-order valence-corrected chi connectivity index (χ1v) is 6.79. The molecule has 0 bridgehead atoms. The van der Waals surface area contributed by atoms with Gasteiger partial charge in [-0.1, -0.05) is 13.0 Å². The van der Waals surface area contributed by atoms with Gasteiger partial charge in [-0.25, -0.2) is 4.39 Å². The van der Waals surface area contributed by atoms with Crippen LogP contribution in [0.5, 0.6) is 0 Å². The lowest BCUT2D eigenvalue weighted by atomic mass is 9.89. The Kier molecular flexibility index (Phi) is 5.96. The normalized spacial score (nSPS) is 25.7. The molecule has 3 nitrogen and oxygen atoms in total. The van der Waals surface area contributed by atoms with Crippen LogP contribution in [-0.4, -0.2) is 24.5 Å². The zero-order chi connectivity index (χ0) is 14.0. The van der Waals surface area contributed by atoms with Gasteiger partial charge < -0.3 is 10.6 Å². The second-order valence-corrected chi connectivity index (χ2v) is 5.49. The summed E-state index contributed by atoms with van der Waals surface area (Å²) < 4.78 is 13.8. The molecule has 3 atom stereocenters. The number of rotatable bonds is 2. The van der Waals surface area contributed by atoms with Gasteiger partial charge in [0.15, 0.2) is 0 Å². The molecule has 5 heteroatoms. The SMILES string of the molecule is Cc1ccc(C(=O)NC2C(C)CCNC2C)c(F)c1.Cl. The van der Waals surface area contributed by atoms with Crippen molar-refractivity contribution < 1.29 is 9.18 Å². The van der Waals surface area contributed by atoms with Gasteiger partial charge in [-0.3, -0.25) is 4.79 Å². The van der Waals surface area contributed by atoms with Gasteiger partial charge in [0.25, 0.3) is 5.91 Å². The van der Waals surface area contributed by atoms with Crippen LogP contribution < -0.4 is 10.6 Å². The predicted octanol–water partition coefficient (Wildman–Crippen LogP) is 2.67. The minimum atomic E-state index is -0.457. The van der Waals surface area contributed by atoms with Crippen molar-refractivity contribution in [2.45, 2.75) is 39.3 Å². The molecule has 1 fully saturated rings. The second-order valence-electron chi connectivity index (χ2n) is 5.49. The van der Waals surface area contributed by atoms with Gasteiger partial charge in [-0.2, -0.15) is 0 Å². The average molecular weight is 301 g/mol. The van der Waals surface area contributed by atoms with Crippen molar-refractivity contribution in [2.75, 3.05) is 6.54 Å². The first-order valence-electron chi connectivity index (χ1n) is 6.79. The Bertz CT molecular complexity index is 471. The third kappa shape index (κ3) is 3.70. The number of hydrogen-bond acceptors (Lipinski definition) is 2. The highest BCUT2D eigenvalue weighted by Crippen LogP contribution is 2.17. The number of aryl methyl sites for hydroxylation is 1. The maximum atomic E-state index is 13.8. The molecule has 0 aliphatic carbocycles. The number of nitrogens with one attached hydrogen (secondary N) is 2. The van der Waals surface area contributed by atoms with E-state index < -0.39 is 5.82 Å². The van der Waals surface area contributed by atoms with Crippen LogP contribution in [0.2, 0.25) is 0 Å². The zero-order valence-corrected chi connectivity index (χ0v) is 12.9. The van der Waals surface area contributed by atoms with Crippen molar-refractivity contribution >= 4 is 18.3 Å². The summed E-state index contributed by atoms with van der Waals surface area (Å²) >= 11 is 0. The topological polar surface area (TPSA) is 41.1 Å². The van der Waals surface area contributed by atoms with Crippen LogP contribution in [0.1, 0.15) is 36.2 Å². The average Bonchev–Trinajstić information content (AvgIpc) is 2.33. The van der Waals surface area contributed by atoms with Gasteiger partial charge >= 0.3 is 0 Å². The minimum absolute atomic E-state index is 0. The van der Waals surface area contributed by atoms with E-state index in [4.69, 9.17) is 0 Å². The summed E-state index contributed by atoms with van der Waals surface area (Å²) in [6, 6.07) is 4.94. The number of carbonyl (C=O) groups excluding carboxylic acids is 1. The molecule has 3 unspecified atom stereocenters. The quantitative estimate of drug-likeness (QED) is 0.882. The monoisotopic (exact) mass is 300 g/mol. The second kappa shape index (κ2) is 7.04. The van der Waals surface area contributed by atoms with Crippen LogP contribution in [0.15, 0.2) is 18.2 Å². The molecule has 1 aliphatic heterocycles. The third-order valence-corrected chi connectivity index (χ3v) is 3.88. The molecule has 20 heavy (non-hydrogen) atoms. The highest BCUT2D eigenvalue weighted by Gasteiger charge is 2.29. The molecule has 1 amide bonds. The Labute approximate surface area is 125 Å². The molecule has 1 heterocycles. The fourth-order valence-corrected chi connectivity index (χ4v) is 2.64. The number of hydrogen-bond donors (Lipinski definition) is 2. The largest absolute Gasteiger partial charge is 0.347 e. The summed E-state index contributed by atoms with van der Waals surface area (Å²) in [5, 5.41) is 6.29. The van der Waals surface area contributed by atoms with Crippen molar-refractivity contribution in [1.82, 2.24) is 10.6 Å². The Morgan fingerprint density at radius 3 is 2.70 bits per heavy atom. The fraction of sp³-hybridized carbons (Fsp3) is 0.533. The number of piperidine rings is 1. The van der Waals surface area contributed by atoms with E-state index in [2.05, 4.69) is 17.6 Å². The summed E-state index contributed by atoms with van der Waals surface area (Å²) in [7, 11) is 0. The van der Waals surface area contributed by atoms with Gasteiger partial charge in [0.1, 0.15) is 5.82 Å². The predicted molar refractivity (Wildman–Crippen MR) is 80.9 cm³/mol. The standard InChI is InChI=1S/C15H21FN2O.ClH/c1-9-4-5-12(13(16)8-9)15(19)18-14-10(2)6-7-17-11(14)3;/h4-5,8,10-11,14,17H,6-7H2,1-3H3,(H,18,19);1H. The molecular formula is C15H22ClFN2O. The molecule has 1 saturated heterocycles. The van der Waals surface area contributed by atoms with E-state index in [1.165, 1.54) is 6.07 Å². The summed E-state index contributed by atoms with van der Waals surface area (Å²) in [4.78, 5) is 12.2. The smallest absolute Gasteiger partial charge is 0.254 e. The molecule has 1 aromatic carbocycles. The van der Waals surface area contributed by atoms with Crippen molar-refractivity contribution in [3.8, 4) is 0 Å². The number of carbonyl (C=O) groups is 1. The molecule has 0 radical (unpaired) electrons. The lowest BCUT2D eigenvalue weighted by Crippen LogP contribution is -2.56. The zero-order valence-electron chi connectivity index (χ0n) is 12.1. The maximum absolute atomic E-state index is 13.8. The molecule has 1 aliphatic rings. The Balaban J connectivity index is 0.00000200. The van der Waals surface area contributed by atoms with E-state index >= 15 is 0 Å². The van der Waals surface area contributed by atoms with Crippen LogP contribution >= 0.6 is 12.4 Å². The lowest BCUT2D eigenvalue weighted by molar-refractivity contribution is 0.0893. The van der Waals surface area contributed by atoms with Crippen LogP contribution in [0, 0.1) is 18.7 Å². The number of benzene rings is 1. The van der Waals surface area contributed by atoms with Gasteiger partial charge in [-0.15, -0.1) is 12.4 Å². The van der Waals surface area contributed by atoms with Gasteiger partial charge in [0.05, 0.1) is 5.56 Å². The molecule has 2 rings (SSSR count). The lowest BCUT2D eigenvalue weighted by Gasteiger charge is -2.36. The fourth-order valence-electron chi connectivity index (χ4n) is 2.64. The summed E-state index contributed by atoms with van der Waals surface area (Å²) in [6.07, 6.45) is 1.02. The first kappa shape index (κ1) is 16.9. The highest BCUT2D eigenvalue weighted by molar-refractivity contribution is 5.94. The Hall–Kier alpha value is -1.13. The first-order chi connectivity index (χ1) is 8.99. The van der Waals surface area contributed by atoms with Gasteiger partial charge in [0.2, 0.25) is 0 Å². The summed E-state index contributed by atoms with van der Waals surface area (Å²) in [5.41, 5.74) is 0.936. The molecule has 112 valence electrons. The maximum Gasteiger partial charge on any atom is 0.254 e. The van der Waals surface area contributed by atoms with E-state index in [1.807, 2.05) is 6.92 Å². The number of amides is 1. The van der Waals surface area contributed by atoms with Gasteiger partial charge in [0, 0.05) is 12.1 Å². The summed E-state index contributed by atoms with van der Waals surface area (Å²) in [5.74, 6) is -0.389. The van der Waals surface area contributed by atoms with Crippen LogP contribution in [0.4, 0.5) is 4.39 Å². The molecule has 0 spiro atoms. The third-order valence-electron chi connectivity index (χ3n) is 3.88. The Morgan fingerprint density at radius 1 is 1.40 bits per heavy atom. The van der Waals surface area contributed by atoms with E-state index in [1.54, 1.807) is 19.1 Å². The van der Waals surface area contributed by atoms with Crippen LogP contribution in [0.3, 0.4) is 0 Å². The van der Waals surface area contributed by atoms with Crippen molar-refractivity contribution in [3.05, 3.63) is 35.1 Å². The minimum Gasteiger partial charge on any atom is -0.347 e. The molecule has 0 aromatic heterocycles. The van der Waals surface area contributed by atoms with Crippen LogP contribution in [-0.2, 0) is 0 Å². The van der Waals surface area contributed by atoms with Gasteiger partial charge in [-0.05, 0) is 50.4 Å². The molecule has 0 saturated carbocycles. The van der Waals surface area contributed by atoms with Crippen molar-refractivity contribution in [3.63, 3.8) is 0 Å². The van der Waals surface area contributed by atoms with Crippen molar-refractivity contribution in [1.29, 1.82) is 0 Å². The highest BCUT2D eigenvalue weighted by atomic mass is 35.5. The molecule has 2 N–H and O–H groups in total. The van der Waals surface area contributed by atoms with E-state index in [0.29, 0.717) is 5.92 Å². The van der Waals surface area contributed by atoms with E-state index in [0.717, 1.165) is 18.5 Å². The number of halogens is 2. The van der Waals surface area contributed by atoms with Crippen LogP contribution in [0.25, 0.3) is 0 Å². The van der Waals surface area contributed by atoms with E-state index in [9.17, 15) is 9.18 Å². The Morgan fingerprint density at radius 2 is 2.10 bits per heavy atom.